The molecule has 0 saturated carbocycles. The monoisotopic (exact) mass is 1250 g/mol. The normalized spacial score (nSPS) is 10.8. The van der Waals surface area contributed by atoms with Crippen LogP contribution < -0.4 is 55.4 Å². The Kier molecular flexibility index (Phi) is 21.6. The van der Waals surface area contributed by atoms with E-state index in [1.807, 2.05) is 136 Å². The maximum Gasteiger partial charge on any atom is 0.229 e. The van der Waals surface area contributed by atoms with Crippen LogP contribution in [0.3, 0.4) is 0 Å². The van der Waals surface area contributed by atoms with Gasteiger partial charge in [-0.3, -0.25) is 14.2 Å². The molecule has 12 aromatic rings. The number of carbonyl (C=O) groups is 2. The zero-order valence-corrected chi connectivity index (χ0v) is 52.8. The second kappa shape index (κ2) is 31.2. The molecule has 7 heterocycles. The molecule has 0 aliphatic heterocycles. The van der Waals surface area contributed by atoms with E-state index in [0.717, 1.165) is 68.7 Å². The molecule has 0 saturated heterocycles. The number of nitrogens with one attached hydrogen (secondary N) is 4. The van der Waals surface area contributed by atoms with Crippen molar-refractivity contribution in [2.75, 3.05) is 71.7 Å². The first-order valence-electron chi connectivity index (χ1n) is 30.1. The summed E-state index contributed by atoms with van der Waals surface area (Å²) in [6.45, 7) is 3.69. The molecule has 5 aromatic carbocycles. The highest BCUT2D eigenvalue weighted by Crippen LogP contribution is 2.42. The van der Waals surface area contributed by atoms with Gasteiger partial charge in [0.05, 0.1) is 42.7 Å². The van der Waals surface area contributed by atoms with Crippen LogP contribution in [0.4, 0.5) is 29.2 Å². The Morgan fingerprint density at radius 3 is 1.54 bits per heavy atom. The first-order valence-corrected chi connectivity index (χ1v) is 30.1. The first-order chi connectivity index (χ1) is 45.5. The summed E-state index contributed by atoms with van der Waals surface area (Å²) in [6.07, 6.45) is 16.4. The summed E-state index contributed by atoms with van der Waals surface area (Å²) in [5.74, 6) is 5.55. The minimum absolute atomic E-state index is 0.00693. The molecule has 93 heavy (non-hydrogen) atoms. The van der Waals surface area contributed by atoms with Gasteiger partial charge in [-0.1, -0.05) is 74.0 Å². The second-order valence-electron chi connectivity index (χ2n) is 21.0. The van der Waals surface area contributed by atoms with Crippen molar-refractivity contribution in [3.63, 3.8) is 0 Å². The summed E-state index contributed by atoms with van der Waals surface area (Å²) in [5, 5.41) is 15.3. The van der Waals surface area contributed by atoms with E-state index in [4.69, 9.17) is 44.1 Å². The third-order valence-electron chi connectivity index (χ3n) is 14.8. The number of unbranched alkanes of at least 4 members (excludes halogenated alkanes) is 1. The number of ether oxygens (including phenoxy) is 6. The van der Waals surface area contributed by atoms with Gasteiger partial charge in [-0.05, 0) is 78.6 Å². The molecule has 0 aliphatic carbocycles. The zero-order valence-electron chi connectivity index (χ0n) is 52.8. The number of rotatable bonds is 25. The fraction of sp³-hybridized carbons (Fsp3) is 0.214. The number of hydrogen-bond donors (Lipinski definition) is 5. The molecule has 12 rings (SSSR count). The van der Waals surface area contributed by atoms with E-state index in [1.54, 1.807) is 85.5 Å². The van der Waals surface area contributed by atoms with Crippen LogP contribution in [-0.4, -0.2) is 116 Å². The predicted octanol–water partition coefficient (Wildman–Crippen LogP) is 12.2. The largest absolute Gasteiger partial charge is 0.493 e. The van der Waals surface area contributed by atoms with Gasteiger partial charge in [-0.25, -0.2) is 19.9 Å². The summed E-state index contributed by atoms with van der Waals surface area (Å²) >= 11 is 0. The van der Waals surface area contributed by atoms with Crippen molar-refractivity contribution in [2.45, 2.75) is 45.6 Å². The summed E-state index contributed by atoms with van der Waals surface area (Å²) in [4.78, 5) is 56.2. The number of hydrogen-bond acceptors (Lipinski definition) is 19. The summed E-state index contributed by atoms with van der Waals surface area (Å²) < 4.78 is 38.4. The van der Waals surface area contributed by atoms with Gasteiger partial charge in [0.15, 0.2) is 34.4 Å². The summed E-state index contributed by atoms with van der Waals surface area (Å²) in [6, 6.07) is 44.8. The molecule has 0 unspecified atom stereocenters. The van der Waals surface area contributed by atoms with Crippen LogP contribution >= 0.6 is 0 Å². The molecule has 23 nitrogen and oxygen atoms in total. The third kappa shape index (κ3) is 15.9. The second-order valence-corrected chi connectivity index (χ2v) is 21.0. The number of amides is 1. The van der Waals surface area contributed by atoms with Crippen molar-refractivity contribution in [3.05, 3.63) is 200 Å². The molecular weight excluding hydrogens is 1180 g/mol. The SMILES string of the molecule is CCCCC(=O)c1cccc(-n2ccc3cnc(Nc4cc(OC)c(OC)c(OC)c4)nc32)c1.COc1cc(Nc2ncc3ccn(-c4cccc(CCC(=O)NCCN)c4)c3n2)cc(OC)c1OC.c1ccc(CNc2ncc3ccn(-c4ccccn4)c3n2)cc1. The fourth-order valence-electron chi connectivity index (χ4n) is 10.1. The lowest BCUT2D eigenvalue weighted by atomic mass is 10.1. The highest BCUT2D eigenvalue weighted by Gasteiger charge is 2.18. The van der Waals surface area contributed by atoms with Gasteiger partial charge in [-0.2, -0.15) is 15.0 Å². The number of carbonyl (C=O) groups excluding carboxylic acids is 2. The number of methoxy groups -OCH3 is 6. The van der Waals surface area contributed by atoms with E-state index < -0.39 is 0 Å². The van der Waals surface area contributed by atoms with Crippen molar-refractivity contribution in [3.8, 4) is 51.7 Å². The van der Waals surface area contributed by atoms with E-state index in [2.05, 4.69) is 71.3 Å². The Balaban J connectivity index is 0.000000156. The van der Waals surface area contributed by atoms with Crippen LogP contribution in [0.5, 0.6) is 34.5 Å². The van der Waals surface area contributed by atoms with Crippen LogP contribution in [-0.2, 0) is 17.8 Å². The molecule has 0 bridgehead atoms. The zero-order chi connectivity index (χ0) is 65.1. The number of anilines is 5. The molecule has 23 heteroatoms. The van der Waals surface area contributed by atoms with Gasteiger partial charge in [-0.15, -0.1) is 0 Å². The van der Waals surface area contributed by atoms with Crippen molar-refractivity contribution in [2.24, 2.45) is 5.73 Å². The number of fused-ring (bicyclic) bond motifs is 3. The Bertz CT molecular complexity index is 4430. The third-order valence-corrected chi connectivity index (χ3v) is 14.8. The molecule has 6 N–H and O–H groups in total. The minimum atomic E-state index is -0.00693. The predicted molar refractivity (Wildman–Crippen MR) is 361 cm³/mol. The summed E-state index contributed by atoms with van der Waals surface area (Å²) in [5.41, 5.74) is 13.9. The van der Waals surface area contributed by atoms with E-state index in [0.29, 0.717) is 108 Å². The van der Waals surface area contributed by atoms with Crippen LogP contribution in [0, 0.1) is 0 Å². The van der Waals surface area contributed by atoms with E-state index in [-0.39, 0.29) is 11.7 Å². The number of nitrogens with two attached hydrogens (primary N) is 1. The fourth-order valence-corrected chi connectivity index (χ4v) is 10.1. The molecule has 1 amide bonds. The summed E-state index contributed by atoms with van der Waals surface area (Å²) in [7, 11) is 9.39. The van der Waals surface area contributed by atoms with Crippen molar-refractivity contribution in [1.29, 1.82) is 0 Å². The molecule has 0 radical (unpaired) electrons. The molecule has 0 atom stereocenters. The lowest BCUT2D eigenvalue weighted by molar-refractivity contribution is -0.121. The van der Waals surface area contributed by atoms with E-state index in [1.165, 1.54) is 5.56 Å². The van der Waals surface area contributed by atoms with Crippen LogP contribution in [0.25, 0.3) is 50.3 Å². The number of pyridine rings is 1. The average molecular weight is 1250 g/mol. The van der Waals surface area contributed by atoms with Gasteiger partial charge in [0.25, 0.3) is 0 Å². The molecule has 7 aromatic heterocycles. The highest BCUT2D eigenvalue weighted by atomic mass is 16.5. The van der Waals surface area contributed by atoms with Gasteiger partial charge in [0.2, 0.25) is 35.3 Å². The number of aryl methyl sites for hydroxylation is 1. The molecule has 0 spiro atoms. The van der Waals surface area contributed by atoms with Crippen molar-refractivity contribution < 1.29 is 38.0 Å². The van der Waals surface area contributed by atoms with Crippen LogP contribution in [0.1, 0.15) is 54.1 Å². The number of aromatic nitrogens is 10. The Labute approximate surface area is 537 Å². The average Bonchev–Trinajstić information content (AvgIpc) is 1.84. The maximum atomic E-state index is 12.5. The standard InChI is InChI=1S/C26H30N6O4.C26H28N4O4.C18H15N5/c1-34-21-14-19(15-22(35-2)24(21)36-3)30-26-29-16-18-9-12-32(25(18)31-26)20-6-4-5-17(13-20)7-8-23(33)28-11-10-27;1-5-6-10-21(31)17-8-7-9-20(13-17)30-12-11-18-16-27-26(29-25(18)30)28-19-14-22(32-2)24(34-4)23(15-19)33-3;1-2-6-14(7-3-1)12-20-18-21-13-15-9-11-23(17(15)22-18)16-8-4-5-10-19-16/h4-6,9,12-16H,7-8,10-11,27H2,1-3H3,(H,28,33)(H,29,30,31);7-9,11-16H,5-6,10H2,1-4H3,(H,27,28,29);1-11,13H,12H2,(H,20,21,22). The smallest absolute Gasteiger partial charge is 0.229 e. The lowest BCUT2D eigenvalue weighted by Gasteiger charge is -2.14. The van der Waals surface area contributed by atoms with E-state index in [9.17, 15) is 9.59 Å². The van der Waals surface area contributed by atoms with Crippen molar-refractivity contribution in [1.82, 2.24) is 53.9 Å². The first kappa shape index (κ1) is 64.4. The molecular formula is C70H73N15O8. The Morgan fingerprint density at radius 2 is 1.01 bits per heavy atom. The Morgan fingerprint density at radius 1 is 0.505 bits per heavy atom. The van der Waals surface area contributed by atoms with Gasteiger partial charge in [0, 0.05) is 145 Å². The molecule has 0 fully saturated rings. The highest BCUT2D eigenvalue weighted by molar-refractivity contribution is 5.96. The number of benzene rings is 5. The number of nitrogens with zero attached hydrogens (tertiary/aromatic N) is 10. The van der Waals surface area contributed by atoms with Gasteiger partial charge >= 0.3 is 0 Å². The number of ketones is 1. The molecule has 476 valence electrons. The van der Waals surface area contributed by atoms with Crippen LogP contribution in [0.15, 0.2) is 183 Å². The quantitative estimate of drug-likeness (QED) is 0.0333. The molecule has 0 aliphatic rings. The van der Waals surface area contributed by atoms with E-state index >= 15 is 0 Å². The van der Waals surface area contributed by atoms with Gasteiger partial charge < -0.3 is 64.6 Å². The lowest BCUT2D eigenvalue weighted by Crippen LogP contribution is -2.29. The Hall–Kier alpha value is -11.6. The number of Topliss-reactive ketones (excluding diaryl/α,β-unsaturated/α-hetero) is 1. The topological polar surface area (TPSA) is 269 Å². The minimum Gasteiger partial charge on any atom is -0.493 e. The van der Waals surface area contributed by atoms with Crippen LogP contribution in [0.2, 0.25) is 0 Å². The van der Waals surface area contributed by atoms with Gasteiger partial charge in [0.1, 0.15) is 17.1 Å². The van der Waals surface area contributed by atoms with Crippen molar-refractivity contribution >= 4 is 74.0 Å². The maximum absolute atomic E-state index is 12.5.